The maximum absolute atomic E-state index is 5.74. The van der Waals surface area contributed by atoms with Crippen LogP contribution >= 0.6 is 0 Å². The fourth-order valence-electron chi connectivity index (χ4n) is 3.56. The first kappa shape index (κ1) is 13.3. The molecule has 1 aliphatic heterocycles. The summed E-state index contributed by atoms with van der Waals surface area (Å²) >= 11 is 0. The van der Waals surface area contributed by atoms with E-state index in [1.165, 1.54) is 29.7 Å². The van der Waals surface area contributed by atoms with E-state index in [9.17, 15) is 0 Å². The van der Waals surface area contributed by atoms with Gasteiger partial charge in [-0.15, -0.1) is 0 Å². The SMILES string of the molecule is COC1CNCCC1n1c(C2CC2)nc2cc(C)ccc21. The van der Waals surface area contributed by atoms with E-state index in [0.717, 1.165) is 25.0 Å². The Hall–Kier alpha value is -1.39. The van der Waals surface area contributed by atoms with Gasteiger partial charge in [-0.1, -0.05) is 6.07 Å². The summed E-state index contributed by atoms with van der Waals surface area (Å²) < 4.78 is 8.23. The molecule has 4 nitrogen and oxygen atoms in total. The number of methoxy groups -OCH3 is 1. The number of hydrogen-bond donors (Lipinski definition) is 1. The summed E-state index contributed by atoms with van der Waals surface area (Å²) in [5, 5.41) is 3.44. The van der Waals surface area contributed by atoms with Crippen molar-refractivity contribution in [3.8, 4) is 0 Å². The third kappa shape index (κ3) is 2.27. The van der Waals surface area contributed by atoms with Crippen LogP contribution < -0.4 is 5.32 Å². The molecule has 1 aromatic heterocycles. The van der Waals surface area contributed by atoms with Crippen LogP contribution in [0.3, 0.4) is 0 Å². The molecule has 2 aliphatic rings. The van der Waals surface area contributed by atoms with Crippen LogP contribution in [0.2, 0.25) is 0 Å². The molecular formula is C17H23N3O. The molecule has 1 saturated carbocycles. The lowest BCUT2D eigenvalue weighted by atomic mass is 10.0. The average Bonchev–Trinajstić information content (AvgIpc) is 3.28. The van der Waals surface area contributed by atoms with Crippen molar-refractivity contribution < 1.29 is 4.74 Å². The molecule has 4 rings (SSSR count). The van der Waals surface area contributed by atoms with Gasteiger partial charge in [0, 0.05) is 19.6 Å². The molecule has 0 radical (unpaired) electrons. The van der Waals surface area contributed by atoms with Gasteiger partial charge >= 0.3 is 0 Å². The molecule has 2 heterocycles. The fourth-order valence-corrected chi connectivity index (χ4v) is 3.56. The maximum Gasteiger partial charge on any atom is 0.113 e. The summed E-state index contributed by atoms with van der Waals surface area (Å²) in [6.07, 6.45) is 3.91. The van der Waals surface area contributed by atoms with Crippen molar-refractivity contribution in [2.75, 3.05) is 20.2 Å². The van der Waals surface area contributed by atoms with Crippen LogP contribution in [0.4, 0.5) is 0 Å². The summed E-state index contributed by atoms with van der Waals surface area (Å²) in [5.41, 5.74) is 3.70. The van der Waals surface area contributed by atoms with E-state index in [4.69, 9.17) is 9.72 Å². The largest absolute Gasteiger partial charge is 0.378 e. The molecule has 112 valence electrons. The number of aromatic nitrogens is 2. The second-order valence-electron chi connectivity index (χ2n) is 6.44. The average molecular weight is 285 g/mol. The normalized spacial score (nSPS) is 26.4. The summed E-state index contributed by atoms with van der Waals surface area (Å²) in [7, 11) is 1.82. The van der Waals surface area contributed by atoms with Crippen LogP contribution in [0, 0.1) is 6.92 Å². The lowest BCUT2D eigenvalue weighted by Crippen LogP contribution is -2.43. The van der Waals surface area contributed by atoms with Crippen LogP contribution in [0.15, 0.2) is 18.2 Å². The Labute approximate surface area is 125 Å². The smallest absolute Gasteiger partial charge is 0.113 e. The van der Waals surface area contributed by atoms with Crippen LogP contribution in [-0.4, -0.2) is 35.9 Å². The summed E-state index contributed by atoms with van der Waals surface area (Å²) in [6.45, 7) is 4.12. The lowest BCUT2D eigenvalue weighted by molar-refractivity contribution is 0.0395. The number of nitrogens with one attached hydrogen (secondary N) is 1. The minimum atomic E-state index is 0.231. The molecule has 1 aliphatic carbocycles. The number of ether oxygens (including phenoxy) is 1. The Balaban J connectivity index is 1.86. The van der Waals surface area contributed by atoms with Crippen molar-refractivity contribution in [1.82, 2.24) is 14.9 Å². The van der Waals surface area contributed by atoms with Gasteiger partial charge in [-0.05, 0) is 50.4 Å². The Bertz CT molecular complexity index is 659. The predicted octanol–water partition coefficient (Wildman–Crippen LogP) is 2.77. The minimum absolute atomic E-state index is 0.231. The molecule has 1 N–H and O–H groups in total. The predicted molar refractivity (Wildman–Crippen MR) is 83.8 cm³/mol. The Morgan fingerprint density at radius 3 is 2.90 bits per heavy atom. The number of fused-ring (bicyclic) bond motifs is 1. The molecule has 2 unspecified atom stereocenters. The van der Waals surface area contributed by atoms with Crippen molar-refractivity contribution >= 4 is 11.0 Å². The molecule has 1 aromatic carbocycles. The molecule has 0 bridgehead atoms. The Kier molecular flexibility index (Phi) is 3.23. The highest BCUT2D eigenvalue weighted by Gasteiger charge is 2.35. The van der Waals surface area contributed by atoms with Gasteiger partial charge in [-0.3, -0.25) is 0 Å². The van der Waals surface area contributed by atoms with Gasteiger partial charge in [0.05, 0.1) is 23.2 Å². The first-order chi connectivity index (χ1) is 10.3. The number of imidazole rings is 1. The molecule has 2 fully saturated rings. The second-order valence-corrected chi connectivity index (χ2v) is 6.44. The molecule has 4 heteroatoms. The lowest BCUT2D eigenvalue weighted by Gasteiger charge is -2.33. The number of aryl methyl sites for hydroxylation is 1. The van der Waals surface area contributed by atoms with Gasteiger partial charge in [-0.25, -0.2) is 4.98 Å². The quantitative estimate of drug-likeness (QED) is 0.942. The molecule has 0 amide bonds. The van der Waals surface area contributed by atoms with Gasteiger partial charge in [0.1, 0.15) is 5.82 Å². The third-order valence-electron chi connectivity index (χ3n) is 4.84. The Morgan fingerprint density at radius 1 is 1.29 bits per heavy atom. The van der Waals surface area contributed by atoms with Gasteiger partial charge in [0.2, 0.25) is 0 Å². The van der Waals surface area contributed by atoms with Crippen molar-refractivity contribution in [3.63, 3.8) is 0 Å². The van der Waals surface area contributed by atoms with E-state index in [1.54, 1.807) is 0 Å². The number of rotatable bonds is 3. The maximum atomic E-state index is 5.74. The third-order valence-corrected chi connectivity index (χ3v) is 4.84. The highest BCUT2D eigenvalue weighted by molar-refractivity contribution is 5.77. The van der Waals surface area contributed by atoms with Crippen LogP contribution in [0.1, 0.15) is 42.6 Å². The molecule has 2 aromatic rings. The van der Waals surface area contributed by atoms with Crippen molar-refractivity contribution in [3.05, 3.63) is 29.6 Å². The second kappa shape index (κ2) is 5.11. The summed E-state index contributed by atoms with van der Waals surface area (Å²) in [6, 6.07) is 7.04. The number of nitrogens with zero attached hydrogens (tertiary/aromatic N) is 2. The number of piperidine rings is 1. The Morgan fingerprint density at radius 2 is 2.14 bits per heavy atom. The van der Waals surface area contributed by atoms with E-state index in [1.807, 2.05) is 7.11 Å². The zero-order valence-electron chi connectivity index (χ0n) is 12.8. The number of benzene rings is 1. The summed E-state index contributed by atoms with van der Waals surface area (Å²) in [4.78, 5) is 4.97. The molecule has 21 heavy (non-hydrogen) atoms. The molecule has 1 saturated heterocycles. The van der Waals surface area contributed by atoms with E-state index >= 15 is 0 Å². The highest BCUT2D eigenvalue weighted by atomic mass is 16.5. The van der Waals surface area contributed by atoms with Crippen LogP contribution in [0.25, 0.3) is 11.0 Å². The zero-order chi connectivity index (χ0) is 14.4. The molecule has 0 spiro atoms. The van der Waals surface area contributed by atoms with Gasteiger partial charge in [0.25, 0.3) is 0 Å². The van der Waals surface area contributed by atoms with Crippen LogP contribution in [0.5, 0.6) is 0 Å². The van der Waals surface area contributed by atoms with E-state index < -0.39 is 0 Å². The van der Waals surface area contributed by atoms with Crippen LogP contribution in [-0.2, 0) is 4.74 Å². The topological polar surface area (TPSA) is 39.1 Å². The first-order valence-corrected chi connectivity index (χ1v) is 8.00. The zero-order valence-corrected chi connectivity index (χ0v) is 12.8. The van der Waals surface area contributed by atoms with Crippen molar-refractivity contribution in [2.45, 2.75) is 44.2 Å². The van der Waals surface area contributed by atoms with Crippen molar-refractivity contribution in [1.29, 1.82) is 0 Å². The van der Waals surface area contributed by atoms with Gasteiger partial charge in [-0.2, -0.15) is 0 Å². The molecule has 2 atom stereocenters. The molecular weight excluding hydrogens is 262 g/mol. The van der Waals surface area contributed by atoms with Crippen molar-refractivity contribution in [2.24, 2.45) is 0 Å². The first-order valence-electron chi connectivity index (χ1n) is 8.00. The summed E-state index contributed by atoms with van der Waals surface area (Å²) in [5.74, 6) is 1.94. The minimum Gasteiger partial charge on any atom is -0.378 e. The van der Waals surface area contributed by atoms with E-state index in [0.29, 0.717) is 12.0 Å². The number of hydrogen-bond acceptors (Lipinski definition) is 3. The standard InChI is InChI=1S/C17H23N3O/c1-11-3-6-14-13(9-11)19-17(12-4-5-12)20(14)15-7-8-18-10-16(15)21-2/h3,6,9,12,15-16,18H,4-5,7-8,10H2,1-2H3. The van der Waals surface area contributed by atoms with E-state index in [2.05, 4.69) is 35.0 Å². The fraction of sp³-hybridized carbons (Fsp3) is 0.588. The van der Waals surface area contributed by atoms with Gasteiger partial charge in [0.15, 0.2) is 0 Å². The van der Waals surface area contributed by atoms with E-state index in [-0.39, 0.29) is 6.10 Å². The monoisotopic (exact) mass is 285 g/mol. The highest BCUT2D eigenvalue weighted by Crippen LogP contribution is 2.43. The van der Waals surface area contributed by atoms with Gasteiger partial charge < -0.3 is 14.6 Å².